The van der Waals surface area contributed by atoms with Crippen LogP contribution in [0, 0.1) is 0 Å². The lowest BCUT2D eigenvalue weighted by molar-refractivity contribution is -0.117. The molecule has 0 saturated heterocycles. The van der Waals surface area contributed by atoms with Crippen LogP contribution in [-0.4, -0.2) is 17.9 Å². The summed E-state index contributed by atoms with van der Waals surface area (Å²) in [6.45, 7) is 0. The van der Waals surface area contributed by atoms with E-state index in [1.807, 2.05) is 41.8 Å². The highest BCUT2D eigenvalue weighted by molar-refractivity contribution is 7.09. The summed E-state index contributed by atoms with van der Waals surface area (Å²) in [7, 11) is 1.65. The minimum absolute atomic E-state index is 0.181. The van der Waals surface area contributed by atoms with Crippen LogP contribution in [0.15, 0.2) is 48.0 Å². The molecule has 0 fully saturated rings. The molecular weight excluding hydrogens is 282 g/mol. The summed E-state index contributed by atoms with van der Waals surface area (Å²) in [5.74, 6) is 0.989. The van der Waals surface area contributed by atoms with Crippen LogP contribution in [0.2, 0.25) is 0 Å². The van der Waals surface area contributed by atoms with Gasteiger partial charge in [-0.1, -0.05) is 24.3 Å². The molecule has 0 bridgehead atoms. The fraction of sp³-hybridized carbons (Fsp3) is 0.176. The molecule has 1 aromatic heterocycles. The molecule has 4 heteroatoms. The summed E-state index contributed by atoms with van der Waals surface area (Å²) in [5, 5.41) is 4.96. The molecule has 2 aromatic carbocycles. The molecule has 0 aliphatic heterocycles. The van der Waals surface area contributed by atoms with Crippen molar-refractivity contribution in [3.8, 4) is 5.75 Å². The van der Waals surface area contributed by atoms with Gasteiger partial charge in [0.2, 0.25) is 0 Å². The largest absolute Gasteiger partial charge is 0.497 e. The van der Waals surface area contributed by atoms with Gasteiger partial charge in [0.05, 0.1) is 18.5 Å². The third-order valence-corrected chi connectivity index (χ3v) is 4.18. The maximum atomic E-state index is 12.2. The number of methoxy groups -OCH3 is 1. The number of thiazole rings is 1. The number of nitrogens with zero attached hydrogens (tertiary/aromatic N) is 1. The fourth-order valence-electron chi connectivity index (χ4n) is 2.38. The van der Waals surface area contributed by atoms with Crippen molar-refractivity contribution in [3.05, 3.63) is 58.5 Å². The van der Waals surface area contributed by atoms with Crippen molar-refractivity contribution in [3.63, 3.8) is 0 Å². The lowest BCUT2D eigenvalue weighted by atomic mass is 9.99. The molecular formula is C17H15NO2S. The van der Waals surface area contributed by atoms with Gasteiger partial charge in [-0.25, -0.2) is 4.98 Å². The number of fused-ring (bicyclic) bond motifs is 1. The van der Waals surface area contributed by atoms with Crippen molar-refractivity contribution in [1.82, 2.24) is 4.98 Å². The highest BCUT2D eigenvalue weighted by atomic mass is 32.1. The molecule has 0 atom stereocenters. The van der Waals surface area contributed by atoms with Gasteiger partial charge in [0, 0.05) is 18.0 Å². The van der Waals surface area contributed by atoms with E-state index in [2.05, 4.69) is 4.98 Å². The number of hydrogen-bond donors (Lipinski definition) is 0. The van der Waals surface area contributed by atoms with Gasteiger partial charge in [-0.15, -0.1) is 11.3 Å². The van der Waals surface area contributed by atoms with Gasteiger partial charge in [0.1, 0.15) is 11.5 Å². The quantitative estimate of drug-likeness (QED) is 0.721. The Bertz CT molecular complexity index is 766. The zero-order valence-electron chi connectivity index (χ0n) is 11.7. The van der Waals surface area contributed by atoms with E-state index in [1.54, 1.807) is 13.3 Å². The van der Waals surface area contributed by atoms with Crippen LogP contribution in [0.5, 0.6) is 5.75 Å². The number of aromatic nitrogens is 1. The molecule has 0 aliphatic rings. The number of ether oxygens (including phenoxy) is 1. The van der Waals surface area contributed by atoms with E-state index < -0.39 is 0 Å². The van der Waals surface area contributed by atoms with Gasteiger partial charge in [0.25, 0.3) is 0 Å². The smallest absolute Gasteiger partial charge is 0.144 e. The number of ketones is 1. The number of hydrogen-bond acceptors (Lipinski definition) is 4. The number of carbonyl (C=O) groups is 1. The summed E-state index contributed by atoms with van der Waals surface area (Å²) in [6.07, 6.45) is 2.55. The first-order chi connectivity index (χ1) is 10.3. The van der Waals surface area contributed by atoms with E-state index in [9.17, 15) is 4.79 Å². The molecule has 3 rings (SSSR count). The maximum absolute atomic E-state index is 12.2. The fourth-order valence-corrected chi connectivity index (χ4v) is 3.03. The molecule has 0 radical (unpaired) electrons. The summed E-state index contributed by atoms with van der Waals surface area (Å²) in [4.78, 5) is 16.4. The van der Waals surface area contributed by atoms with E-state index in [-0.39, 0.29) is 5.78 Å². The molecule has 0 aliphatic carbocycles. The van der Waals surface area contributed by atoms with Crippen LogP contribution in [0.1, 0.15) is 10.6 Å². The summed E-state index contributed by atoms with van der Waals surface area (Å²) >= 11 is 1.52. The van der Waals surface area contributed by atoms with Crippen LogP contribution in [0.25, 0.3) is 10.8 Å². The first-order valence-corrected chi connectivity index (χ1v) is 7.60. The van der Waals surface area contributed by atoms with Gasteiger partial charge >= 0.3 is 0 Å². The Morgan fingerprint density at radius 1 is 1.24 bits per heavy atom. The highest BCUT2D eigenvalue weighted by Crippen LogP contribution is 2.24. The first-order valence-electron chi connectivity index (χ1n) is 6.72. The van der Waals surface area contributed by atoms with E-state index in [0.717, 1.165) is 27.1 Å². The number of Topliss-reactive ketones (excluding diaryl/α,β-unsaturated/α-hetero) is 1. The average molecular weight is 297 g/mol. The Morgan fingerprint density at radius 3 is 2.90 bits per heavy atom. The van der Waals surface area contributed by atoms with Crippen LogP contribution in [0.3, 0.4) is 0 Å². The molecule has 3 nitrogen and oxygen atoms in total. The molecule has 0 spiro atoms. The van der Waals surface area contributed by atoms with Crippen molar-refractivity contribution in [2.45, 2.75) is 12.8 Å². The zero-order valence-corrected chi connectivity index (χ0v) is 12.5. The minimum atomic E-state index is 0.181. The molecule has 0 saturated carbocycles. The second kappa shape index (κ2) is 6.06. The second-order valence-electron chi connectivity index (χ2n) is 4.82. The van der Waals surface area contributed by atoms with Crippen LogP contribution < -0.4 is 4.74 Å². The molecule has 0 amide bonds. The van der Waals surface area contributed by atoms with Crippen LogP contribution >= 0.6 is 11.3 Å². The second-order valence-corrected chi connectivity index (χ2v) is 5.80. The Kier molecular flexibility index (Phi) is 3.97. The van der Waals surface area contributed by atoms with Gasteiger partial charge in [-0.2, -0.15) is 0 Å². The monoisotopic (exact) mass is 297 g/mol. The predicted octanol–water partition coefficient (Wildman–Crippen LogP) is 3.66. The van der Waals surface area contributed by atoms with Crippen LogP contribution in [0.4, 0.5) is 0 Å². The third-order valence-electron chi connectivity index (χ3n) is 3.40. The summed E-state index contributed by atoms with van der Waals surface area (Å²) in [6, 6.07) is 12.0. The normalized spacial score (nSPS) is 10.7. The van der Waals surface area contributed by atoms with Gasteiger partial charge < -0.3 is 4.74 Å². The van der Waals surface area contributed by atoms with E-state index in [1.165, 1.54) is 11.3 Å². The highest BCUT2D eigenvalue weighted by Gasteiger charge is 2.10. The van der Waals surface area contributed by atoms with E-state index in [0.29, 0.717) is 12.8 Å². The van der Waals surface area contributed by atoms with E-state index in [4.69, 9.17) is 4.74 Å². The maximum Gasteiger partial charge on any atom is 0.144 e. The number of benzene rings is 2. The van der Waals surface area contributed by atoms with Gasteiger partial charge in [0.15, 0.2) is 0 Å². The molecule has 0 N–H and O–H groups in total. The van der Waals surface area contributed by atoms with Crippen molar-refractivity contribution >= 4 is 27.9 Å². The van der Waals surface area contributed by atoms with Crippen LogP contribution in [-0.2, 0) is 17.6 Å². The SMILES string of the molecule is COc1ccc2cccc(CC(=O)Cc3nccs3)c2c1. The van der Waals surface area contributed by atoms with Crippen molar-refractivity contribution in [2.24, 2.45) is 0 Å². The molecule has 1 heterocycles. The number of carbonyl (C=O) groups excluding carboxylic acids is 1. The predicted molar refractivity (Wildman–Crippen MR) is 85.0 cm³/mol. The topological polar surface area (TPSA) is 39.2 Å². The zero-order chi connectivity index (χ0) is 14.7. The minimum Gasteiger partial charge on any atom is -0.497 e. The lowest BCUT2D eigenvalue weighted by Crippen LogP contribution is -2.06. The molecule has 21 heavy (non-hydrogen) atoms. The lowest BCUT2D eigenvalue weighted by Gasteiger charge is -2.08. The van der Waals surface area contributed by atoms with Crippen molar-refractivity contribution in [2.75, 3.05) is 7.11 Å². The Labute approximate surface area is 127 Å². The Hall–Kier alpha value is -2.20. The molecule has 106 valence electrons. The van der Waals surface area contributed by atoms with Gasteiger partial charge in [-0.3, -0.25) is 4.79 Å². The molecule has 0 unspecified atom stereocenters. The van der Waals surface area contributed by atoms with E-state index >= 15 is 0 Å². The standard InChI is InChI=1S/C17H15NO2S/c1-20-15-6-5-12-3-2-4-13(16(12)11-15)9-14(19)10-17-18-7-8-21-17/h2-8,11H,9-10H2,1H3. The third kappa shape index (κ3) is 3.11. The first kappa shape index (κ1) is 13.8. The summed E-state index contributed by atoms with van der Waals surface area (Å²) < 4.78 is 5.27. The van der Waals surface area contributed by atoms with Crippen molar-refractivity contribution in [1.29, 1.82) is 0 Å². The van der Waals surface area contributed by atoms with Crippen molar-refractivity contribution < 1.29 is 9.53 Å². The molecule has 3 aromatic rings. The Balaban J connectivity index is 1.87. The number of rotatable bonds is 5. The van der Waals surface area contributed by atoms with Gasteiger partial charge in [-0.05, 0) is 28.5 Å². The summed E-state index contributed by atoms with van der Waals surface area (Å²) in [5.41, 5.74) is 1.04. The average Bonchev–Trinajstić information content (AvgIpc) is 3.00. The Morgan fingerprint density at radius 2 is 2.14 bits per heavy atom.